The maximum atomic E-state index is 11.6. The van der Waals surface area contributed by atoms with Gasteiger partial charge in [-0.05, 0) is 69.2 Å². The lowest BCUT2D eigenvalue weighted by Gasteiger charge is -2.31. The molecule has 0 aromatic carbocycles. The molecule has 0 aliphatic carbocycles. The summed E-state index contributed by atoms with van der Waals surface area (Å²) in [6.45, 7) is 18.4. The van der Waals surface area contributed by atoms with Crippen molar-refractivity contribution in [2.24, 2.45) is 0 Å². The SMILES string of the molecule is C.CC(C)OC(=O)c1[nH]cnc1C(=O)O.CCN1CCN(C(=O)OC(C)C)C(=O)C1=O.CNC(=O)OC(C)C.Cc1cc(=O)c(C(=O)OC(C)C)c[nH]1.[B]. The number of carbonyl (C=O) groups excluding carboxylic acids is 6. The normalized spacial score (nSPS) is 11.7. The lowest BCUT2D eigenvalue weighted by molar-refractivity contribution is -0.154. The highest BCUT2D eigenvalue weighted by Crippen LogP contribution is 2.08. The van der Waals surface area contributed by atoms with Gasteiger partial charge in [0.2, 0.25) is 0 Å². The van der Waals surface area contributed by atoms with Gasteiger partial charge in [0.1, 0.15) is 5.56 Å². The Balaban J connectivity index is -0.000000649. The third kappa shape index (κ3) is 19.2. The van der Waals surface area contributed by atoms with E-state index in [0.717, 1.165) is 16.9 Å². The van der Waals surface area contributed by atoms with E-state index in [1.807, 2.05) is 0 Å². The number of esters is 2. The van der Waals surface area contributed by atoms with Gasteiger partial charge in [-0.1, -0.05) is 7.43 Å². The van der Waals surface area contributed by atoms with E-state index in [2.05, 4.69) is 25.0 Å². The molecule has 4 amide bonds. The Kier molecular flexibility index (Phi) is 25.5. The number of carboxylic acids is 1. The quantitative estimate of drug-likeness (QED) is 0.130. The van der Waals surface area contributed by atoms with Crippen LogP contribution in [0.1, 0.15) is 107 Å². The summed E-state index contributed by atoms with van der Waals surface area (Å²) in [7, 11) is 1.53. The van der Waals surface area contributed by atoms with Crippen molar-refractivity contribution < 1.29 is 57.6 Å². The minimum atomic E-state index is -1.26. The number of nitrogens with zero attached hydrogens (tertiary/aromatic N) is 3. The molecule has 1 fully saturated rings. The molecular formula is C34H54BN6O13. The Bertz CT molecular complexity index is 1590. The zero-order valence-electron chi connectivity index (χ0n) is 31.9. The Hall–Kier alpha value is -5.69. The lowest BCUT2D eigenvalue weighted by atomic mass is 10.2. The smallest absolute Gasteiger partial charge is 0.417 e. The number of H-pyrrole nitrogens is 2. The van der Waals surface area contributed by atoms with Crippen LogP contribution in [0.2, 0.25) is 0 Å². The van der Waals surface area contributed by atoms with Crippen molar-refractivity contribution in [2.45, 2.75) is 101 Å². The van der Waals surface area contributed by atoms with E-state index in [9.17, 15) is 38.4 Å². The third-order valence-corrected chi connectivity index (χ3v) is 5.80. The molecule has 4 N–H and O–H groups in total. The van der Waals surface area contributed by atoms with Crippen LogP contribution in [0.3, 0.4) is 0 Å². The fraction of sp³-hybridized carbons (Fsp3) is 0.559. The maximum absolute atomic E-state index is 11.6. The number of aromatic nitrogens is 3. The molecule has 2 aromatic heterocycles. The van der Waals surface area contributed by atoms with Crippen molar-refractivity contribution in [3.8, 4) is 0 Å². The number of aromatic amines is 2. The number of ether oxygens (including phenoxy) is 4. The number of amides is 4. The first-order valence-electron chi connectivity index (χ1n) is 16.2. The zero-order valence-corrected chi connectivity index (χ0v) is 31.9. The minimum absolute atomic E-state index is 0. The zero-order chi connectivity index (χ0) is 40.3. The summed E-state index contributed by atoms with van der Waals surface area (Å²) in [5.41, 5.74) is -0.00542. The number of imide groups is 1. The molecule has 0 atom stereocenters. The van der Waals surface area contributed by atoms with E-state index in [0.29, 0.717) is 13.1 Å². The molecule has 2 aromatic rings. The highest BCUT2D eigenvalue weighted by molar-refractivity contribution is 6.37. The van der Waals surface area contributed by atoms with E-state index in [-0.39, 0.29) is 75.3 Å². The first-order valence-corrected chi connectivity index (χ1v) is 16.2. The number of piperazine rings is 1. The van der Waals surface area contributed by atoms with Crippen LogP contribution in [0.25, 0.3) is 0 Å². The Morgan fingerprint density at radius 2 is 1.35 bits per heavy atom. The van der Waals surface area contributed by atoms with Crippen molar-refractivity contribution in [1.82, 2.24) is 30.1 Å². The molecule has 0 spiro atoms. The molecule has 54 heavy (non-hydrogen) atoms. The molecular weight excluding hydrogens is 711 g/mol. The highest BCUT2D eigenvalue weighted by atomic mass is 16.6. The molecule has 3 rings (SSSR count). The van der Waals surface area contributed by atoms with E-state index < -0.39 is 35.8 Å². The first-order chi connectivity index (χ1) is 24.2. The Morgan fingerprint density at radius 1 is 0.833 bits per heavy atom. The number of likely N-dealkylation sites (N-methyl/N-ethyl adjacent to an activating group) is 1. The van der Waals surface area contributed by atoms with Crippen LogP contribution in [0, 0.1) is 6.92 Å². The van der Waals surface area contributed by atoms with Gasteiger partial charge in [-0.2, -0.15) is 0 Å². The van der Waals surface area contributed by atoms with Crippen LogP contribution in [0.15, 0.2) is 23.4 Å². The predicted molar refractivity (Wildman–Crippen MR) is 197 cm³/mol. The average Bonchev–Trinajstić information content (AvgIpc) is 3.53. The fourth-order valence-electron chi connectivity index (χ4n) is 3.58. The Labute approximate surface area is 317 Å². The number of carboxylic acid groups (broad SMARTS) is 1. The van der Waals surface area contributed by atoms with E-state index >= 15 is 0 Å². The summed E-state index contributed by atoms with van der Waals surface area (Å²) < 4.78 is 19.2. The number of rotatable bonds is 8. The number of hydrogen-bond acceptors (Lipinski definition) is 13. The summed E-state index contributed by atoms with van der Waals surface area (Å²) in [6.07, 6.45) is 0.539. The molecule has 3 radical (unpaired) electrons. The molecule has 20 heteroatoms. The van der Waals surface area contributed by atoms with Crippen molar-refractivity contribution in [1.29, 1.82) is 0 Å². The molecule has 3 heterocycles. The number of alkyl carbamates (subject to hydrolysis) is 1. The maximum Gasteiger partial charge on any atom is 0.417 e. The van der Waals surface area contributed by atoms with Crippen molar-refractivity contribution in [3.05, 3.63) is 51.5 Å². The van der Waals surface area contributed by atoms with Gasteiger partial charge < -0.3 is 44.2 Å². The molecule has 0 bridgehead atoms. The van der Waals surface area contributed by atoms with Gasteiger partial charge in [-0.3, -0.25) is 14.4 Å². The largest absolute Gasteiger partial charge is 0.476 e. The summed E-state index contributed by atoms with van der Waals surface area (Å²) in [4.78, 5) is 100. The summed E-state index contributed by atoms with van der Waals surface area (Å²) in [5.74, 6) is -4.01. The van der Waals surface area contributed by atoms with Crippen LogP contribution in [-0.2, 0) is 28.5 Å². The summed E-state index contributed by atoms with van der Waals surface area (Å²) >= 11 is 0. The third-order valence-electron chi connectivity index (χ3n) is 5.80. The van der Waals surface area contributed by atoms with Crippen molar-refractivity contribution >= 4 is 50.3 Å². The topological polar surface area (TPSA) is 257 Å². The van der Waals surface area contributed by atoms with Gasteiger partial charge in [0.05, 0.1) is 37.3 Å². The van der Waals surface area contributed by atoms with E-state index in [4.69, 9.17) is 19.3 Å². The summed E-state index contributed by atoms with van der Waals surface area (Å²) in [5, 5.41) is 11.0. The number of pyridine rings is 1. The average molecular weight is 766 g/mol. The number of nitrogens with one attached hydrogen (secondary N) is 3. The van der Waals surface area contributed by atoms with Gasteiger partial charge >= 0.3 is 41.9 Å². The van der Waals surface area contributed by atoms with Gasteiger partial charge in [-0.15, -0.1) is 0 Å². The van der Waals surface area contributed by atoms with Gasteiger partial charge in [0.15, 0.2) is 16.8 Å². The molecule has 19 nitrogen and oxygen atoms in total. The van der Waals surface area contributed by atoms with Gasteiger partial charge in [-0.25, -0.2) is 33.9 Å². The molecule has 1 saturated heterocycles. The van der Waals surface area contributed by atoms with Crippen LogP contribution >= 0.6 is 0 Å². The van der Waals surface area contributed by atoms with Crippen molar-refractivity contribution in [2.75, 3.05) is 26.7 Å². The Morgan fingerprint density at radius 3 is 1.78 bits per heavy atom. The first kappa shape index (κ1) is 52.7. The standard InChI is InChI=1S/C10H16N2O4.C10H13NO3.C8H10N2O4.C5H11NO2.CH4.B/c1-4-11-5-6-12(9(14)8(11)13)10(15)16-7(2)3;1-6(2)14-10(13)8-5-11-7(3)4-9(8)12;1-4(2)14-8(13)6-5(7(11)12)9-3-10-6;1-4(2)8-5(7)6-3;;/h7H,4-6H2,1-3H3;4-6H,1-3H3,(H,11,12);3-4H,1-2H3,(H,9,10)(H,11,12);4H,1-3H3,(H,6,7);1H4;. The second-order valence-electron chi connectivity index (χ2n) is 11.7. The fourth-order valence-corrected chi connectivity index (χ4v) is 3.58. The van der Waals surface area contributed by atoms with Crippen LogP contribution in [0.5, 0.6) is 0 Å². The van der Waals surface area contributed by atoms with Gasteiger partial charge in [0.25, 0.3) is 0 Å². The minimum Gasteiger partial charge on any atom is -0.476 e. The highest BCUT2D eigenvalue weighted by Gasteiger charge is 2.36. The van der Waals surface area contributed by atoms with Crippen LogP contribution < -0.4 is 10.7 Å². The molecule has 0 unspecified atom stereocenters. The number of hydrogen-bond donors (Lipinski definition) is 4. The van der Waals surface area contributed by atoms with E-state index in [1.54, 1.807) is 69.2 Å². The molecule has 301 valence electrons. The van der Waals surface area contributed by atoms with Crippen LogP contribution in [-0.4, -0.2) is 131 Å². The number of aromatic carboxylic acids is 1. The molecule has 1 aliphatic heterocycles. The second-order valence-corrected chi connectivity index (χ2v) is 11.7. The second kappa shape index (κ2) is 26.1. The monoisotopic (exact) mass is 765 g/mol. The number of imidazole rings is 1. The number of aryl methyl sites for hydroxylation is 1. The summed E-state index contributed by atoms with van der Waals surface area (Å²) in [6, 6.07) is 1.37. The predicted octanol–water partition coefficient (Wildman–Crippen LogP) is 3.15. The van der Waals surface area contributed by atoms with E-state index in [1.165, 1.54) is 24.2 Å². The molecule has 0 saturated carbocycles. The van der Waals surface area contributed by atoms with Crippen molar-refractivity contribution in [3.63, 3.8) is 0 Å². The number of carbonyl (C=O) groups is 7. The molecule has 1 aliphatic rings. The van der Waals surface area contributed by atoms with Crippen LogP contribution in [0.4, 0.5) is 9.59 Å². The lowest BCUT2D eigenvalue weighted by Crippen LogP contribution is -2.56. The van der Waals surface area contributed by atoms with Gasteiger partial charge in [0, 0.05) is 46.5 Å².